The van der Waals surface area contributed by atoms with Crippen molar-refractivity contribution in [3.63, 3.8) is 0 Å². The molecule has 2 N–H and O–H groups in total. The van der Waals surface area contributed by atoms with E-state index in [0.29, 0.717) is 24.9 Å². The van der Waals surface area contributed by atoms with E-state index in [1.165, 1.54) is 0 Å². The van der Waals surface area contributed by atoms with Gasteiger partial charge >= 0.3 is 5.97 Å². The molecule has 0 bridgehead atoms. The Morgan fingerprint density at radius 3 is 2.54 bits per heavy atom. The minimum atomic E-state index is -1.03. The molecule has 0 spiro atoms. The van der Waals surface area contributed by atoms with Crippen LogP contribution in [0.3, 0.4) is 0 Å². The lowest BCUT2D eigenvalue weighted by molar-refractivity contribution is -0.150. The number of hydrogen-bond acceptors (Lipinski definition) is 4. The van der Waals surface area contributed by atoms with Crippen LogP contribution in [0.2, 0.25) is 0 Å². The fourth-order valence-corrected chi connectivity index (χ4v) is 3.04. The predicted molar refractivity (Wildman–Crippen MR) is 96.4 cm³/mol. The smallest absolute Gasteiger partial charge is 0.332 e. The van der Waals surface area contributed by atoms with Crippen LogP contribution >= 0.6 is 0 Å². The number of hydrogen-bond donors (Lipinski definition) is 2. The zero-order valence-corrected chi connectivity index (χ0v) is 14.5. The van der Waals surface area contributed by atoms with E-state index >= 15 is 0 Å². The maximum absolute atomic E-state index is 12.3. The van der Waals surface area contributed by atoms with Crippen molar-refractivity contribution in [2.75, 3.05) is 12.4 Å². The number of aliphatic carboxylic acids is 1. The summed E-state index contributed by atoms with van der Waals surface area (Å²) < 4.78 is 10.7. The highest BCUT2D eigenvalue weighted by Crippen LogP contribution is 2.26. The summed E-state index contributed by atoms with van der Waals surface area (Å²) in [5.41, 5.74) is 2.72. The van der Waals surface area contributed by atoms with Crippen molar-refractivity contribution in [1.82, 2.24) is 0 Å². The second-order valence-electron chi connectivity index (χ2n) is 6.21. The van der Waals surface area contributed by atoms with Gasteiger partial charge in [-0.1, -0.05) is 30.3 Å². The zero-order chi connectivity index (χ0) is 18.5. The predicted octanol–water partition coefficient (Wildman–Crippen LogP) is 2.86. The standard InChI is InChI=1S/C20H21NO5/c1-25-16-8-7-15(12-14(16)11-13-5-3-2-4-6-13)21-19(22)17-9-10-18(26-17)20(23)24/h2-8,12,17-18H,9-11H2,1H3,(H,21,22)(H,23,24)/t17-,18+/m0/s1. The van der Waals surface area contributed by atoms with E-state index in [1.54, 1.807) is 13.2 Å². The first-order chi connectivity index (χ1) is 12.6. The van der Waals surface area contributed by atoms with Crippen LogP contribution in [0, 0.1) is 0 Å². The van der Waals surface area contributed by atoms with E-state index in [1.807, 2.05) is 42.5 Å². The number of benzene rings is 2. The maximum atomic E-state index is 12.3. The lowest BCUT2D eigenvalue weighted by Crippen LogP contribution is -2.29. The lowest BCUT2D eigenvalue weighted by Gasteiger charge is -2.14. The van der Waals surface area contributed by atoms with Crippen molar-refractivity contribution in [3.8, 4) is 5.75 Å². The van der Waals surface area contributed by atoms with Crippen LogP contribution < -0.4 is 10.1 Å². The average Bonchev–Trinajstić information content (AvgIpc) is 3.13. The van der Waals surface area contributed by atoms with E-state index in [0.717, 1.165) is 16.9 Å². The number of amides is 1. The molecule has 136 valence electrons. The quantitative estimate of drug-likeness (QED) is 0.832. The molecule has 6 heteroatoms. The molecule has 0 saturated carbocycles. The topological polar surface area (TPSA) is 84.9 Å². The van der Waals surface area contributed by atoms with E-state index < -0.39 is 18.2 Å². The van der Waals surface area contributed by atoms with Gasteiger partial charge in [0.2, 0.25) is 0 Å². The molecule has 1 heterocycles. The van der Waals surface area contributed by atoms with Gasteiger partial charge in [0.25, 0.3) is 5.91 Å². The molecule has 1 amide bonds. The molecule has 3 rings (SSSR count). The van der Waals surface area contributed by atoms with Gasteiger partial charge in [-0.2, -0.15) is 0 Å². The van der Waals surface area contributed by atoms with Crippen molar-refractivity contribution >= 4 is 17.6 Å². The maximum Gasteiger partial charge on any atom is 0.332 e. The molecule has 1 fully saturated rings. The molecule has 0 aromatic heterocycles. The molecule has 1 saturated heterocycles. The van der Waals surface area contributed by atoms with E-state index in [4.69, 9.17) is 14.6 Å². The summed E-state index contributed by atoms with van der Waals surface area (Å²) >= 11 is 0. The number of carboxylic acid groups (broad SMARTS) is 1. The van der Waals surface area contributed by atoms with Crippen LogP contribution in [-0.4, -0.2) is 36.3 Å². The second kappa shape index (κ2) is 8.01. The van der Waals surface area contributed by atoms with Crippen molar-refractivity contribution in [1.29, 1.82) is 0 Å². The summed E-state index contributed by atoms with van der Waals surface area (Å²) in [4.78, 5) is 23.3. The highest BCUT2D eigenvalue weighted by molar-refractivity contribution is 5.95. The number of ether oxygens (including phenoxy) is 2. The number of methoxy groups -OCH3 is 1. The third kappa shape index (κ3) is 4.21. The van der Waals surface area contributed by atoms with Crippen molar-refractivity contribution < 1.29 is 24.2 Å². The van der Waals surface area contributed by atoms with Gasteiger partial charge in [0, 0.05) is 17.7 Å². The fraction of sp³-hybridized carbons (Fsp3) is 0.300. The second-order valence-corrected chi connectivity index (χ2v) is 6.21. The number of nitrogens with one attached hydrogen (secondary N) is 1. The number of carbonyl (C=O) groups excluding carboxylic acids is 1. The van der Waals surface area contributed by atoms with E-state index in [-0.39, 0.29) is 5.91 Å². The SMILES string of the molecule is COc1ccc(NC(=O)[C@@H]2CC[C@H](C(=O)O)O2)cc1Cc1ccccc1. The first kappa shape index (κ1) is 17.9. The summed E-state index contributed by atoms with van der Waals surface area (Å²) in [5.74, 6) is -0.616. The number of rotatable bonds is 6. The van der Waals surface area contributed by atoms with Crippen LogP contribution in [0.15, 0.2) is 48.5 Å². The normalized spacial score (nSPS) is 19.1. The minimum Gasteiger partial charge on any atom is -0.496 e. The monoisotopic (exact) mass is 355 g/mol. The third-order valence-corrected chi connectivity index (χ3v) is 4.37. The summed E-state index contributed by atoms with van der Waals surface area (Å²) in [6.45, 7) is 0. The molecule has 2 aromatic carbocycles. The molecule has 0 unspecified atom stereocenters. The minimum absolute atomic E-state index is 0.329. The summed E-state index contributed by atoms with van der Waals surface area (Å²) in [6.07, 6.45) is -0.231. The highest BCUT2D eigenvalue weighted by Gasteiger charge is 2.34. The van der Waals surface area contributed by atoms with Gasteiger partial charge in [0.1, 0.15) is 11.9 Å². The molecule has 6 nitrogen and oxygen atoms in total. The molecule has 0 aliphatic carbocycles. The zero-order valence-electron chi connectivity index (χ0n) is 14.5. The van der Waals surface area contributed by atoms with Crippen LogP contribution in [-0.2, 0) is 20.7 Å². The van der Waals surface area contributed by atoms with Crippen molar-refractivity contribution in [3.05, 3.63) is 59.7 Å². The number of anilines is 1. The highest BCUT2D eigenvalue weighted by atomic mass is 16.5. The molecule has 1 aliphatic heterocycles. The van der Waals surface area contributed by atoms with Gasteiger partial charge in [0.05, 0.1) is 7.11 Å². The Bertz CT molecular complexity index is 790. The van der Waals surface area contributed by atoms with Gasteiger partial charge in [-0.3, -0.25) is 4.79 Å². The largest absolute Gasteiger partial charge is 0.496 e. The van der Waals surface area contributed by atoms with Gasteiger partial charge < -0.3 is 19.9 Å². The number of carboxylic acids is 1. The summed E-state index contributed by atoms with van der Waals surface area (Å²) in [5, 5.41) is 11.8. The lowest BCUT2D eigenvalue weighted by atomic mass is 10.0. The first-order valence-electron chi connectivity index (χ1n) is 8.47. The van der Waals surface area contributed by atoms with Gasteiger partial charge in [-0.25, -0.2) is 4.79 Å². The average molecular weight is 355 g/mol. The Morgan fingerprint density at radius 2 is 1.88 bits per heavy atom. The molecule has 1 aliphatic rings. The molecule has 2 aromatic rings. The Hall–Kier alpha value is -2.86. The Balaban J connectivity index is 1.71. The Kier molecular flexibility index (Phi) is 5.53. The van der Waals surface area contributed by atoms with Crippen molar-refractivity contribution in [2.24, 2.45) is 0 Å². The molecular weight excluding hydrogens is 334 g/mol. The fourth-order valence-electron chi connectivity index (χ4n) is 3.04. The van der Waals surface area contributed by atoms with Gasteiger partial charge in [-0.15, -0.1) is 0 Å². The summed E-state index contributed by atoms with van der Waals surface area (Å²) in [7, 11) is 1.61. The molecule has 0 radical (unpaired) electrons. The van der Waals surface area contributed by atoms with Gasteiger partial charge in [0.15, 0.2) is 6.10 Å². The Labute approximate surface area is 151 Å². The third-order valence-electron chi connectivity index (χ3n) is 4.37. The Morgan fingerprint density at radius 1 is 1.15 bits per heavy atom. The molecular formula is C20H21NO5. The van der Waals surface area contributed by atoms with Crippen LogP contribution in [0.5, 0.6) is 5.75 Å². The van der Waals surface area contributed by atoms with E-state index in [9.17, 15) is 9.59 Å². The van der Waals surface area contributed by atoms with Crippen molar-refractivity contribution in [2.45, 2.75) is 31.5 Å². The number of carbonyl (C=O) groups is 2. The first-order valence-corrected chi connectivity index (χ1v) is 8.47. The molecule has 2 atom stereocenters. The van der Waals surface area contributed by atoms with E-state index in [2.05, 4.69) is 5.32 Å². The molecule has 26 heavy (non-hydrogen) atoms. The summed E-state index contributed by atoms with van der Waals surface area (Å²) in [6, 6.07) is 15.4. The van der Waals surface area contributed by atoms with Crippen LogP contribution in [0.4, 0.5) is 5.69 Å². The van der Waals surface area contributed by atoms with Gasteiger partial charge in [-0.05, 0) is 36.6 Å². The van der Waals surface area contributed by atoms with Crippen LogP contribution in [0.25, 0.3) is 0 Å². The van der Waals surface area contributed by atoms with Crippen LogP contribution in [0.1, 0.15) is 24.0 Å².